The van der Waals surface area contributed by atoms with Crippen LogP contribution in [0, 0.1) is 0 Å². The maximum Gasteiger partial charge on any atom is 0.319 e. The number of carbonyl (C=O) groups is 1. The zero-order valence-corrected chi connectivity index (χ0v) is 11.8. The van der Waals surface area contributed by atoms with Crippen LogP contribution in [0.3, 0.4) is 0 Å². The third-order valence-corrected chi connectivity index (χ3v) is 2.79. The molecule has 0 unspecified atom stereocenters. The molecule has 4 heteroatoms. The van der Waals surface area contributed by atoms with Crippen molar-refractivity contribution in [1.29, 1.82) is 0 Å². The Labute approximate surface area is 115 Å². The lowest BCUT2D eigenvalue weighted by Gasteiger charge is -2.09. The van der Waals surface area contributed by atoms with Crippen molar-refractivity contribution >= 4 is 5.97 Å². The van der Waals surface area contributed by atoms with Crippen molar-refractivity contribution in [3.8, 4) is 5.75 Å². The van der Waals surface area contributed by atoms with Crippen molar-refractivity contribution < 1.29 is 14.3 Å². The predicted molar refractivity (Wildman–Crippen MR) is 75.4 cm³/mol. The average molecular weight is 265 g/mol. The summed E-state index contributed by atoms with van der Waals surface area (Å²) < 4.78 is 10.3. The molecule has 0 atom stereocenters. The summed E-state index contributed by atoms with van der Waals surface area (Å²) in [7, 11) is 1.66. The highest BCUT2D eigenvalue weighted by Crippen LogP contribution is 2.17. The van der Waals surface area contributed by atoms with E-state index in [2.05, 4.69) is 12.2 Å². The Morgan fingerprint density at radius 2 is 2.11 bits per heavy atom. The van der Waals surface area contributed by atoms with Gasteiger partial charge in [-0.15, -0.1) is 0 Å². The lowest BCUT2D eigenvalue weighted by molar-refractivity contribution is -0.142. The second kappa shape index (κ2) is 9.39. The number of unbranched alkanes of at least 4 members (excludes halogenated alkanes) is 1. The molecular formula is C15H23NO3. The number of nitrogens with one attached hydrogen (secondary N) is 1. The van der Waals surface area contributed by atoms with Crippen molar-refractivity contribution in [2.75, 3.05) is 26.8 Å². The molecule has 0 aliphatic heterocycles. The molecule has 1 N–H and O–H groups in total. The van der Waals surface area contributed by atoms with Crippen LogP contribution in [0.1, 0.15) is 25.3 Å². The summed E-state index contributed by atoms with van der Waals surface area (Å²) in [6.45, 7) is 3.57. The van der Waals surface area contributed by atoms with Crippen LogP contribution in [-0.4, -0.2) is 32.8 Å². The Kier molecular flexibility index (Phi) is 7.66. The van der Waals surface area contributed by atoms with Crippen LogP contribution in [0.5, 0.6) is 5.75 Å². The van der Waals surface area contributed by atoms with Crippen molar-refractivity contribution in [3.05, 3.63) is 29.8 Å². The van der Waals surface area contributed by atoms with E-state index in [9.17, 15) is 4.79 Å². The molecular weight excluding hydrogens is 242 g/mol. The number of carbonyl (C=O) groups excluding carboxylic acids is 1. The molecule has 0 spiro atoms. The monoisotopic (exact) mass is 265 g/mol. The number of hydrogen-bond donors (Lipinski definition) is 1. The topological polar surface area (TPSA) is 47.6 Å². The number of rotatable bonds is 9. The molecule has 106 valence electrons. The van der Waals surface area contributed by atoms with Crippen molar-refractivity contribution in [3.63, 3.8) is 0 Å². The molecule has 0 saturated carbocycles. The van der Waals surface area contributed by atoms with Gasteiger partial charge < -0.3 is 14.8 Å². The minimum absolute atomic E-state index is 0.187. The fourth-order valence-electron chi connectivity index (χ4n) is 1.70. The smallest absolute Gasteiger partial charge is 0.319 e. The van der Waals surface area contributed by atoms with Crippen molar-refractivity contribution in [2.45, 2.75) is 26.2 Å². The van der Waals surface area contributed by atoms with Crippen LogP contribution in [-0.2, 0) is 16.0 Å². The molecule has 0 radical (unpaired) electrons. The molecule has 0 saturated heterocycles. The first kappa shape index (κ1) is 15.5. The van der Waals surface area contributed by atoms with Crippen molar-refractivity contribution in [1.82, 2.24) is 5.32 Å². The third-order valence-electron chi connectivity index (χ3n) is 2.79. The summed E-state index contributed by atoms with van der Waals surface area (Å²) in [5.74, 6) is 0.697. The maximum absolute atomic E-state index is 11.3. The quantitative estimate of drug-likeness (QED) is 0.549. The van der Waals surface area contributed by atoms with E-state index in [4.69, 9.17) is 9.47 Å². The van der Waals surface area contributed by atoms with Gasteiger partial charge in [0.2, 0.25) is 0 Å². The number of ether oxygens (including phenoxy) is 2. The first-order valence-corrected chi connectivity index (χ1v) is 6.76. The minimum atomic E-state index is -0.187. The van der Waals surface area contributed by atoms with Gasteiger partial charge in [0.05, 0.1) is 20.3 Å². The predicted octanol–water partition coefficient (Wildman–Crippen LogP) is 2.17. The Morgan fingerprint density at radius 1 is 1.32 bits per heavy atom. The van der Waals surface area contributed by atoms with E-state index >= 15 is 0 Å². The maximum atomic E-state index is 11.3. The number of esters is 1. The highest BCUT2D eigenvalue weighted by atomic mass is 16.5. The molecule has 19 heavy (non-hydrogen) atoms. The van der Waals surface area contributed by atoms with Gasteiger partial charge in [-0.1, -0.05) is 31.5 Å². The van der Waals surface area contributed by atoms with Crippen molar-refractivity contribution in [2.24, 2.45) is 0 Å². The molecule has 0 amide bonds. The first-order chi connectivity index (χ1) is 9.27. The van der Waals surface area contributed by atoms with Gasteiger partial charge in [-0.05, 0) is 31.0 Å². The van der Waals surface area contributed by atoms with E-state index in [1.165, 1.54) is 0 Å². The van der Waals surface area contributed by atoms with E-state index in [0.717, 1.165) is 37.1 Å². The lowest BCUT2D eigenvalue weighted by atomic mass is 10.1. The molecule has 1 aromatic rings. The Bertz CT molecular complexity index is 379. The Balaban J connectivity index is 2.18. The summed E-state index contributed by atoms with van der Waals surface area (Å²) in [6.07, 6.45) is 2.79. The summed E-state index contributed by atoms with van der Waals surface area (Å²) in [5.41, 5.74) is 1.14. The second-order valence-corrected chi connectivity index (χ2v) is 4.31. The summed E-state index contributed by atoms with van der Waals surface area (Å²) in [6, 6.07) is 7.89. The molecule has 1 rings (SSSR count). The van der Waals surface area contributed by atoms with Gasteiger partial charge in [-0.25, -0.2) is 0 Å². The van der Waals surface area contributed by atoms with Crippen LogP contribution < -0.4 is 10.1 Å². The second-order valence-electron chi connectivity index (χ2n) is 4.31. The minimum Gasteiger partial charge on any atom is -0.496 e. The van der Waals surface area contributed by atoms with Crippen LogP contribution in [0.4, 0.5) is 0 Å². The van der Waals surface area contributed by atoms with Gasteiger partial charge in [-0.3, -0.25) is 4.79 Å². The summed E-state index contributed by atoms with van der Waals surface area (Å²) in [4.78, 5) is 11.3. The van der Waals surface area contributed by atoms with Crippen LogP contribution in [0.25, 0.3) is 0 Å². The Hall–Kier alpha value is -1.55. The highest BCUT2D eigenvalue weighted by molar-refractivity contribution is 5.71. The standard InChI is InChI=1S/C15H23NO3/c1-3-4-11-19-15(17)12-16-10-9-13-7-5-6-8-14(13)18-2/h5-8,16H,3-4,9-12H2,1-2H3. The lowest BCUT2D eigenvalue weighted by Crippen LogP contribution is -2.26. The molecule has 1 aromatic carbocycles. The van der Waals surface area contributed by atoms with Crippen LogP contribution in [0.15, 0.2) is 24.3 Å². The van der Waals surface area contributed by atoms with Gasteiger partial charge in [-0.2, -0.15) is 0 Å². The summed E-state index contributed by atoms with van der Waals surface area (Å²) in [5, 5.41) is 3.08. The van der Waals surface area contributed by atoms with E-state index in [0.29, 0.717) is 6.61 Å². The molecule has 0 aliphatic carbocycles. The van der Waals surface area contributed by atoms with Gasteiger partial charge in [0.1, 0.15) is 5.75 Å². The molecule has 0 fully saturated rings. The molecule has 0 aromatic heterocycles. The molecule has 4 nitrogen and oxygen atoms in total. The molecule has 0 aliphatic rings. The normalized spacial score (nSPS) is 10.2. The van der Waals surface area contributed by atoms with E-state index in [1.807, 2.05) is 24.3 Å². The first-order valence-electron chi connectivity index (χ1n) is 6.76. The fourth-order valence-corrected chi connectivity index (χ4v) is 1.70. The van der Waals surface area contributed by atoms with E-state index < -0.39 is 0 Å². The van der Waals surface area contributed by atoms with Crippen LogP contribution in [0.2, 0.25) is 0 Å². The number of para-hydroxylation sites is 1. The zero-order valence-electron chi connectivity index (χ0n) is 11.8. The van der Waals surface area contributed by atoms with Gasteiger partial charge in [0.15, 0.2) is 0 Å². The number of hydrogen-bond acceptors (Lipinski definition) is 4. The van der Waals surface area contributed by atoms with Crippen LogP contribution >= 0.6 is 0 Å². The Morgan fingerprint density at radius 3 is 2.84 bits per heavy atom. The number of benzene rings is 1. The van der Waals surface area contributed by atoms with Gasteiger partial charge in [0.25, 0.3) is 0 Å². The third kappa shape index (κ3) is 6.25. The largest absolute Gasteiger partial charge is 0.496 e. The highest BCUT2D eigenvalue weighted by Gasteiger charge is 2.03. The van der Waals surface area contributed by atoms with Gasteiger partial charge in [0, 0.05) is 0 Å². The SMILES string of the molecule is CCCCOC(=O)CNCCc1ccccc1OC. The fraction of sp³-hybridized carbons (Fsp3) is 0.533. The average Bonchev–Trinajstić information content (AvgIpc) is 2.44. The van der Waals surface area contributed by atoms with Gasteiger partial charge >= 0.3 is 5.97 Å². The van der Waals surface area contributed by atoms with E-state index in [1.54, 1.807) is 7.11 Å². The molecule has 0 heterocycles. The summed E-state index contributed by atoms with van der Waals surface area (Å²) >= 11 is 0. The zero-order chi connectivity index (χ0) is 13.9. The number of methoxy groups -OCH3 is 1. The van der Waals surface area contributed by atoms with E-state index in [-0.39, 0.29) is 12.5 Å². The molecule has 0 bridgehead atoms.